The summed E-state index contributed by atoms with van der Waals surface area (Å²) < 4.78 is 2.28. The van der Waals surface area contributed by atoms with Crippen LogP contribution in [0.25, 0.3) is 6.08 Å². The Kier molecular flexibility index (Phi) is 3.90. The van der Waals surface area contributed by atoms with Gasteiger partial charge in [-0.25, -0.2) is 0 Å². The third-order valence-electron chi connectivity index (χ3n) is 6.89. The van der Waals surface area contributed by atoms with Crippen LogP contribution in [0.3, 0.4) is 0 Å². The molecule has 0 saturated carbocycles. The van der Waals surface area contributed by atoms with Gasteiger partial charge in [0.2, 0.25) is 5.69 Å². The zero-order valence-corrected chi connectivity index (χ0v) is 17.1. The van der Waals surface area contributed by atoms with Crippen LogP contribution >= 0.6 is 0 Å². The van der Waals surface area contributed by atoms with E-state index in [2.05, 4.69) is 72.9 Å². The predicted molar refractivity (Wildman–Crippen MR) is 116 cm³/mol. The lowest BCUT2D eigenvalue weighted by Crippen LogP contribution is -2.34. The van der Waals surface area contributed by atoms with Crippen LogP contribution in [0.15, 0.2) is 36.4 Å². The van der Waals surface area contributed by atoms with E-state index in [4.69, 9.17) is 0 Å². The maximum Gasteiger partial charge on any atom is 0.209 e. The van der Waals surface area contributed by atoms with Crippen LogP contribution < -0.4 is 4.90 Å². The maximum atomic E-state index is 11.0. The minimum Gasteiger partial charge on any atom is -0.507 e. The van der Waals surface area contributed by atoms with Gasteiger partial charge in [-0.2, -0.15) is 4.58 Å². The van der Waals surface area contributed by atoms with Crippen molar-refractivity contribution in [1.29, 1.82) is 0 Å². The van der Waals surface area contributed by atoms with Gasteiger partial charge in [0.1, 0.15) is 12.8 Å². The standard InChI is InChI=1S/C25H28N2O/c1-25(2)20-10-4-5-11-21(20)26(3)22(25)13-12-18-16-17-8-6-14-27-15-7-9-19(23(17)27)24(18)28/h4-5,10-13,16H,6-9,14-15H2,1-3H3/p+1. The third kappa shape index (κ3) is 2.45. The molecule has 3 heteroatoms. The molecule has 2 aromatic rings. The first-order chi connectivity index (χ1) is 13.5. The van der Waals surface area contributed by atoms with Gasteiger partial charge in [-0.3, -0.25) is 0 Å². The Balaban J connectivity index is 1.58. The minimum atomic E-state index is -0.0449. The Morgan fingerprint density at radius 2 is 1.82 bits per heavy atom. The summed E-state index contributed by atoms with van der Waals surface area (Å²) in [5.41, 5.74) is 8.71. The molecule has 1 N–H and O–H groups in total. The molecule has 3 aliphatic heterocycles. The number of para-hydroxylation sites is 1. The van der Waals surface area contributed by atoms with Gasteiger partial charge in [-0.05, 0) is 57.2 Å². The molecule has 0 saturated heterocycles. The Bertz CT molecular complexity index is 1030. The molecule has 2 aromatic carbocycles. The second-order valence-electron chi connectivity index (χ2n) is 8.91. The number of aryl methyl sites for hydroxylation is 1. The molecule has 0 fully saturated rings. The summed E-state index contributed by atoms with van der Waals surface area (Å²) in [5.74, 6) is 0.484. The maximum absolute atomic E-state index is 11.0. The Morgan fingerprint density at radius 3 is 2.61 bits per heavy atom. The largest absolute Gasteiger partial charge is 0.507 e. The summed E-state index contributed by atoms with van der Waals surface area (Å²) in [6, 6.07) is 10.9. The summed E-state index contributed by atoms with van der Waals surface area (Å²) in [7, 11) is 2.14. The van der Waals surface area contributed by atoms with Crippen molar-refractivity contribution in [3.05, 3.63) is 58.7 Å². The van der Waals surface area contributed by atoms with E-state index in [1.54, 1.807) is 0 Å². The number of phenolic OH excluding ortho intramolecular Hbond substituents is 1. The molecule has 0 aliphatic carbocycles. The zero-order chi connectivity index (χ0) is 19.5. The van der Waals surface area contributed by atoms with Crippen LogP contribution in [0.4, 0.5) is 11.4 Å². The Morgan fingerprint density at radius 1 is 1.07 bits per heavy atom. The van der Waals surface area contributed by atoms with Crippen LogP contribution in [0.1, 0.15) is 48.9 Å². The van der Waals surface area contributed by atoms with E-state index in [-0.39, 0.29) is 5.41 Å². The summed E-state index contributed by atoms with van der Waals surface area (Å²) in [5, 5.41) is 11.0. The molecule has 5 rings (SSSR count). The van der Waals surface area contributed by atoms with Gasteiger partial charge >= 0.3 is 0 Å². The van der Waals surface area contributed by atoms with E-state index < -0.39 is 0 Å². The van der Waals surface area contributed by atoms with Crippen LogP contribution in [0, 0.1) is 0 Å². The van der Waals surface area contributed by atoms with Crippen molar-refractivity contribution in [2.45, 2.75) is 44.9 Å². The van der Waals surface area contributed by atoms with Gasteiger partial charge in [-0.15, -0.1) is 0 Å². The summed E-state index contributed by atoms with van der Waals surface area (Å²) in [6.45, 7) is 6.82. The zero-order valence-electron chi connectivity index (χ0n) is 17.1. The van der Waals surface area contributed by atoms with Crippen LogP contribution in [0.2, 0.25) is 0 Å². The highest BCUT2D eigenvalue weighted by Gasteiger charge is 2.42. The SMILES string of the molecule is C[N+]1=C(/C=C/c2cc3c4c(c2O)CCCN4CCC3)C(C)(C)c2ccccc21. The molecule has 0 aromatic heterocycles. The first-order valence-corrected chi connectivity index (χ1v) is 10.5. The Labute approximate surface area is 167 Å². The topological polar surface area (TPSA) is 26.5 Å². The molecule has 0 bridgehead atoms. The second-order valence-corrected chi connectivity index (χ2v) is 8.91. The van der Waals surface area contributed by atoms with Crippen molar-refractivity contribution in [2.24, 2.45) is 0 Å². The summed E-state index contributed by atoms with van der Waals surface area (Å²) in [6.07, 6.45) is 8.78. The predicted octanol–water partition coefficient (Wildman–Crippen LogP) is 4.81. The lowest BCUT2D eigenvalue weighted by Gasteiger charge is -2.37. The van der Waals surface area contributed by atoms with Crippen molar-refractivity contribution in [3.8, 4) is 5.75 Å². The van der Waals surface area contributed by atoms with E-state index in [0.717, 1.165) is 43.5 Å². The molecule has 0 spiro atoms. The fourth-order valence-corrected chi connectivity index (χ4v) is 5.47. The van der Waals surface area contributed by atoms with Crippen molar-refractivity contribution < 1.29 is 9.68 Å². The average molecular weight is 374 g/mol. The summed E-state index contributed by atoms with van der Waals surface area (Å²) in [4.78, 5) is 2.48. The average Bonchev–Trinajstić information content (AvgIpc) is 2.90. The van der Waals surface area contributed by atoms with Gasteiger partial charge in [0.05, 0.1) is 5.41 Å². The van der Waals surface area contributed by atoms with Gasteiger partial charge in [0, 0.05) is 47.6 Å². The number of rotatable bonds is 2. The van der Waals surface area contributed by atoms with Crippen molar-refractivity contribution in [2.75, 3.05) is 25.0 Å². The number of nitrogens with zero attached hydrogens (tertiary/aromatic N) is 2. The molecule has 0 atom stereocenters. The van der Waals surface area contributed by atoms with E-state index in [1.165, 1.54) is 34.6 Å². The van der Waals surface area contributed by atoms with E-state index >= 15 is 0 Å². The first-order valence-electron chi connectivity index (χ1n) is 10.5. The molecule has 3 aliphatic rings. The lowest BCUT2D eigenvalue weighted by molar-refractivity contribution is -0.401. The van der Waals surface area contributed by atoms with Gasteiger partial charge in [0.25, 0.3) is 0 Å². The molecular weight excluding hydrogens is 344 g/mol. The smallest absolute Gasteiger partial charge is 0.209 e. The number of hydrogen-bond acceptors (Lipinski definition) is 2. The van der Waals surface area contributed by atoms with Crippen molar-refractivity contribution >= 4 is 23.2 Å². The molecule has 0 amide bonds. The monoisotopic (exact) mass is 373 g/mol. The molecule has 28 heavy (non-hydrogen) atoms. The molecule has 144 valence electrons. The van der Waals surface area contributed by atoms with E-state index in [1.807, 2.05) is 0 Å². The first kappa shape index (κ1) is 17.5. The molecule has 3 heterocycles. The molecule has 0 radical (unpaired) electrons. The number of anilines is 1. The van der Waals surface area contributed by atoms with Crippen LogP contribution in [-0.2, 0) is 18.3 Å². The lowest BCUT2D eigenvalue weighted by atomic mass is 9.81. The number of aromatic hydroxyl groups is 1. The minimum absolute atomic E-state index is 0.0449. The van der Waals surface area contributed by atoms with Gasteiger partial charge in [-0.1, -0.05) is 18.2 Å². The Hall–Kier alpha value is -2.55. The van der Waals surface area contributed by atoms with E-state index in [0.29, 0.717) is 5.75 Å². The number of benzene rings is 2. The molecule has 0 unspecified atom stereocenters. The summed E-state index contributed by atoms with van der Waals surface area (Å²) >= 11 is 0. The number of allylic oxidation sites excluding steroid dienone is 1. The second kappa shape index (κ2) is 6.23. The normalized spacial score (nSPS) is 19.9. The highest BCUT2D eigenvalue weighted by atomic mass is 16.3. The van der Waals surface area contributed by atoms with Crippen LogP contribution in [-0.4, -0.2) is 35.5 Å². The number of phenols is 1. The highest BCUT2D eigenvalue weighted by Crippen LogP contribution is 2.43. The fraction of sp³-hybridized carbons (Fsp3) is 0.400. The highest BCUT2D eigenvalue weighted by molar-refractivity contribution is 6.05. The third-order valence-corrected chi connectivity index (χ3v) is 6.89. The number of fused-ring (bicyclic) bond motifs is 1. The van der Waals surface area contributed by atoms with Gasteiger partial charge < -0.3 is 10.0 Å². The van der Waals surface area contributed by atoms with Crippen molar-refractivity contribution in [1.82, 2.24) is 0 Å². The molecular formula is C25H29N2O+. The fourth-order valence-electron chi connectivity index (χ4n) is 5.47. The number of hydrogen-bond donors (Lipinski definition) is 1. The van der Waals surface area contributed by atoms with E-state index in [9.17, 15) is 5.11 Å². The molecule has 3 nitrogen and oxygen atoms in total. The van der Waals surface area contributed by atoms with Gasteiger partial charge in [0.15, 0.2) is 5.71 Å². The van der Waals surface area contributed by atoms with Crippen molar-refractivity contribution in [3.63, 3.8) is 0 Å². The van der Waals surface area contributed by atoms with Crippen LogP contribution in [0.5, 0.6) is 5.75 Å². The quantitative estimate of drug-likeness (QED) is 0.765.